The van der Waals surface area contributed by atoms with E-state index in [9.17, 15) is 22.8 Å². The van der Waals surface area contributed by atoms with E-state index in [1.165, 1.54) is 21.7 Å². The Bertz CT molecular complexity index is 1330. The van der Waals surface area contributed by atoms with Gasteiger partial charge in [-0.15, -0.1) is 0 Å². The van der Waals surface area contributed by atoms with E-state index in [0.717, 1.165) is 12.1 Å². The molecule has 0 saturated carbocycles. The first-order chi connectivity index (χ1) is 17.6. The zero-order chi connectivity index (χ0) is 28.4. The van der Waals surface area contributed by atoms with Crippen LogP contribution >= 0.6 is 23.2 Å². The predicted molar refractivity (Wildman–Crippen MR) is 143 cm³/mol. The number of nitrogens with one attached hydrogen (secondary N) is 2. The van der Waals surface area contributed by atoms with Crippen molar-refractivity contribution in [2.75, 3.05) is 17.2 Å². The molecule has 0 aliphatic heterocycles. The van der Waals surface area contributed by atoms with Crippen molar-refractivity contribution >= 4 is 46.6 Å². The number of benzene rings is 2. The number of hydrogen-bond donors (Lipinski definition) is 2. The highest BCUT2D eigenvalue weighted by Crippen LogP contribution is 2.31. The zero-order valence-corrected chi connectivity index (χ0v) is 23.0. The monoisotopic (exact) mass is 569 g/mol. The van der Waals surface area contributed by atoms with Crippen LogP contribution in [-0.4, -0.2) is 39.2 Å². The van der Waals surface area contributed by atoms with Gasteiger partial charge in [0, 0.05) is 23.2 Å². The number of hydrogen-bond acceptors (Lipinski definition) is 3. The molecular formula is C26H28Cl2F3N5O2. The fourth-order valence-corrected chi connectivity index (χ4v) is 3.74. The van der Waals surface area contributed by atoms with Crippen LogP contribution in [0, 0.1) is 0 Å². The molecule has 0 aliphatic carbocycles. The number of halogens is 5. The zero-order valence-electron chi connectivity index (χ0n) is 21.5. The topological polar surface area (TPSA) is 79.3 Å². The Morgan fingerprint density at radius 1 is 1.00 bits per heavy atom. The summed E-state index contributed by atoms with van der Waals surface area (Å²) in [7, 11) is 0. The summed E-state index contributed by atoms with van der Waals surface area (Å²) in [4.78, 5) is 27.2. The highest BCUT2D eigenvalue weighted by atomic mass is 35.5. The number of nitrogens with zero attached hydrogens (tertiary/aromatic N) is 3. The van der Waals surface area contributed by atoms with E-state index < -0.39 is 29.7 Å². The van der Waals surface area contributed by atoms with Crippen LogP contribution in [0.5, 0.6) is 0 Å². The van der Waals surface area contributed by atoms with Gasteiger partial charge in [0.15, 0.2) is 0 Å². The van der Waals surface area contributed by atoms with E-state index in [-0.39, 0.29) is 17.6 Å². The van der Waals surface area contributed by atoms with Crippen LogP contribution in [0.15, 0.2) is 48.5 Å². The van der Waals surface area contributed by atoms with Crippen LogP contribution < -0.4 is 10.6 Å². The highest BCUT2D eigenvalue weighted by molar-refractivity contribution is 6.42. The van der Waals surface area contributed by atoms with Crippen molar-refractivity contribution < 1.29 is 22.8 Å². The maximum Gasteiger partial charge on any atom is 0.416 e. The smallest absolute Gasteiger partial charge is 0.313 e. The standard InChI is InChI=1S/C26H28Cl2F3N5O2/c1-15(2)35(24(38)32-17-8-6-7-16(11-17)26(29,30)31)14-23(37)33-22-13-21(25(3,4)5)34-36(22)18-9-10-19(27)20(28)12-18/h6-13,15H,14H2,1-5H3,(H,32,38)(H,33,37). The summed E-state index contributed by atoms with van der Waals surface area (Å²) in [6, 6.07) is 9.78. The molecule has 0 spiro atoms. The first kappa shape index (κ1) is 29.3. The van der Waals surface area contributed by atoms with Gasteiger partial charge >= 0.3 is 12.2 Å². The Morgan fingerprint density at radius 3 is 2.26 bits per heavy atom. The molecule has 2 N–H and O–H groups in total. The van der Waals surface area contributed by atoms with Crippen molar-refractivity contribution in [3.8, 4) is 5.69 Å². The van der Waals surface area contributed by atoms with Crippen LogP contribution in [0.3, 0.4) is 0 Å². The Kier molecular flexibility index (Phi) is 8.68. The number of urea groups is 1. The minimum absolute atomic E-state index is 0.0385. The molecule has 0 fully saturated rings. The minimum Gasteiger partial charge on any atom is -0.313 e. The van der Waals surface area contributed by atoms with Crippen molar-refractivity contribution in [3.63, 3.8) is 0 Å². The van der Waals surface area contributed by atoms with Crippen molar-refractivity contribution in [2.24, 2.45) is 0 Å². The third-order valence-electron chi connectivity index (χ3n) is 5.53. The maximum atomic E-state index is 13.1. The molecule has 1 heterocycles. The molecule has 12 heteroatoms. The van der Waals surface area contributed by atoms with Crippen molar-refractivity contribution in [2.45, 2.75) is 52.3 Å². The van der Waals surface area contributed by atoms with E-state index in [2.05, 4.69) is 15.7 Å². The van der Waals surface area contributed by atoms with E-state index in [4.69, 9.17) is 23.2 Å². The minimum atomic E-state index is -4.55. The summed E-state index contributed by atoms with van der Waals surface area (Å²) in [5.41, 5.74) is -0.0108. The average Bonchev–Trinajstić information content (AvgIpc) is 3.23. The van der Waals surface area contributed by atoms with Crippen molar-refractivity contribution in [3.05, 3.63) is 69.8 Å². The molecular weight excluding hydrogens is 542 g/mol. The Morgan fingerprint density at radius 2 is 1.68 bits per heavy atom. The summed E-state index contributed by atoms with van der Waals surface area (Å²) >= 11 is 12.2. The molecule has 0 bridgehead atoms. The number of carbonyl (C=O) groups is 2. The third kappa shape index (κ3) is 7.20. The summed E-state index contributed by atoms with van der Waals surface area (Å²) in [6.07, 6.45) is -4.55. The number of aromatic nitrogens is 2. The van der Waals surface area contributed by atoms with Gasteiger partial charge in [-0.3, -0.25) is 4.79 Å². The first-order valence-corrected chi connectivity index (χ1v) is 12.4. The second-order valence-electron chi connectivity index (χ2n) is 9.95. The number of carbonyl (C=O) groups excluding carboxylic acids is 2. The van der Waals surface area contributed by atoms with Gasteiger partial charge in [0.05, 0.1) is 27.0 Å². The molecule has 1 aromatic heterocycles. The Labute approximate surface area is 228 Å². The van der Waals surface area contributed by atoms with Crippen LogP contribution in [-0.2, 0) is 16.4 Å². The molecule has 0 unspecified atom stereocenters. The quantitative estimate of drug-likeness (QED) is 0.325. The van der Waals surface area contributed by atoms with E-state index in [1.807, 2.05) is 20.8 Å². The van der Waals surface area contributed by atoms with Gasteiger partial charge in [-0.2, -0.15) is 18.3 Å². The Hall–Kier alpha value is -3.24. The number of anilines is 2. The van der Waals surface area contributed by atoms with Gasteiger partial charge in [-0.25, -0.2) is 9.48 Å². The molecule has 3 aromatic rings. The maximum absolute atomic E-state index is 13.1. The van der Waals surface area contributed by atoms with Crippen LogP contribution in [0.25, 0.3) is 5.69 Å². The van der Waals surface area contributed by atoms with E-state index >= 15 is 0 Å². The molecule has 0 saturated heterocycles. The summed E-state index contributed by atoms with van der Waals surface area (Å²) in [6.45, 7) is 8.93. The van der Waals surface area contributed by atoms with Gasteiger partial charge in [0.25, 0.3) is 0 Å². The second kappa shape index (κ2) is 11.2. The lowest BCUT2D eigenvalue weighted by Crippen LogP contribution is -2.44. The van der Waals surface area contributed by atoms with Crippen molar-refractivity contribution in [1.82, 2.24) is 14.7 Å². The van der Waals surface area contributed by atoms with E-state index in [0.29, 0.717) is 27.2 Å². The summed E-state index contributed by atoms with van der Waals surface area (Å²) < 4.78 is 40.7. The third-order valence-corrected chi connectivity index (χ3v) is 6.27. The van der Waals surface area contributed by atoms with Gasteiger partial charge in [0.2, 0.25) is 5.91 Å². The van der Waals surface area contributed by atoms with Crippen molar-refractivity contribution in [1.29, 1.82) is 0 Å². The summed E-state index contributed by atoms with van der Waals surface area (Å²) in [5.74, 6) is -0.181. The molecule has 2 aromatic carbocycles. The van der Waals surface area contributed by atoms with Gasteiger partial charge in [-0.05, 0) is 50.2 Å². The fourth-order valence-electron chi connectivity index (χ4n) is 3.44. The van der Waals surface area contributed by atoms with Gasteiger partial charge in [0.1, 0.15) is 12.4 Å². The van der Waals surface area contributed by atoms with Crippen LogP contribution in [0.4, 0.5) is 29.5 Å². The fraction of sp³-hybridized carbons (Fsp3) is 0.346. The predicted octanol–water partition coefficient (Wildman–Crippen LogP) is 7.38. The molecule has 3 rings (SSSR count). The first-order valence-electron chi connectivity index (χ1n) is 11.7. The number of amides is 3. The average molecular weight is 570 g/mol. The molecule has 0 radical (unpaired) electrons. The molecule has 204 valence electrons. The Balaban J connectivity index is 1.83. The lowest BCUT2D eigenvalue weighted by atomic mass is 9.92. The van der Waals surface area contributed by atoms with E-state index in [1.54, 1.807) is 38.1 Å². The van der Waals surface area contributed by atoms with Gasteiger partial charge in [-0.1, -0.05) is 50.0 Å². The SMILES string of the molecule is CC(C)N(CC(=O)Nc1cc(C(C)(C)C)nn1-c1ccc(Cl)c(Cl)c1)C(=O)Nc1cccc(C(F)(F)F)c1. The molecule has 0 aliphatic rings. The lowest BCUT2D eigenvalue weighted by Gasteiger charge is -2.26. The molecule has 38 heavy (non-hydrogen) atoms. The lowest BCUT2D eigenvalue weighted by molar-refractivity contribution is -0.137. The van der Waals surface area contributed by atoms with Gasteiger partial charge < -0.3 is 15.5 Å². The number of alkyl halides is 3. The molecule has 3 amide bonds. The normalized spacial score (nSPS) is 12.0. The largest absolute Gasteiger partial charge is 0.416 e. The summed E-state index contributed by atoms with van der Waals surface area (Å²) in [5, 5.41) is 10.5. The van der Waals surface area contributed by atoms with Crippen LogP contribution in [0.2, 0.25) is 10.0 Å². The highest BCUT2D eigenvalue weighted by Gasteiger charge is 2.31. The van der Waals surface area contributed by atoms with Crippen LogP contribution in [0.1, 0.15) is 45.9 Å². The second-order valence-corrected chi connectivity index (χ2v) is 10.8. The number of rotatable bonds is 6. The molecule has 0 atom stereocenters. The molecule has 7 nitrogen and oxygen atoms in total.